The summed E-state index contributed by atoms with van der Waals surface area (Å²) in [6, 6.07) is 9.23. The van der Waals surface area contributed by atoms with Crippen molar-refractivity contribution in [2.45, 2.75) is 6.42 Å². The molecule has 0 aromatic heterocycles. The summed E-state index contributed by atoms with van der Waals surface area (Å²) in [6.45, 7) is 0.323. The molecule has 1 aromatic carbocycles. The SMILES string of the molecule is COCCC(=O)NC([C]=O)=Cc1ccccc1. The van der Waals surface area contributed by atoms with Crippen LogP contribution in [-0.2, 0) is 14.3 Å². The monoisotopic (exact) mass is 232 g/mol. The van der Waals surface area contributed by atoms with Gasteiger partial charge in [-0.15, -0.1) is 0 Å². The van der Waals surface area contributed by atoms with Crippen molar-refractivity contribution in [2.24, 2.45) is 0 Å². The van der Waals surface area contributed by atoms with Crippen LogP contribution in [0.5, 0.6) is 0 Å². The molecule has 0 heterocycles. The van der Waals surface area contributed by atoms with Crippen LogP contribution in [0.25, 0.3) is 6.08 Å². The highest BCUT2D eigenvalue weighted by Gasteiger charge is 2.04. The number of nitrogens with one attached hydrogen (secondary N) is 1. The molecular weight excluding hydrogens is 218 g/mol. The lowest BCUT2D eigenvalue weighted by molar-refractivity contribution is -0.121. The molecule has 1 aromatic rings. The zero-order chi connectivity index (χ0) is 12.5. The average Bonchev–Trinajstić information content (AvgIpc) is 2.36. The number of ether oxygens (including phenoxy) is 1. The molecule has 1 amide bonds. The molecule has 0 aliphatic rings. The summed E-state index contributed by atoms with van der Waals surface area (Å²) in [7, 11) is 1.51. The number of allylic oxidation sites excluding steroid dienone is 1. The van der Waals surface area contributed by atoms with Crippen molar-refractivity contribution in [1.29, 1.82) is 0 Å². The predicted octanol–water partition coefficient (Wildman–Crippen LogP) is 1.29. The van der Waals surface area contributed by atoms with Gasteiger partial charge in [-0.1, -0.05) is 30.3 Å². The lowest BCUT2D eigenvalue weighted by atomic mass is 10.2. The van der Waals surface area contributed by atoms with Crippen LogP contribution in [0.1, 0.15) is 12.0 Å². The smallest absolute Gasteiger partial charge is 0.251 e. The Morgan fingerprint density at radius 3 is 2.71 bits per heavy atom. The standard InChI is InChI=1S/C13H14NO3/c1-17-8-7-13(16)14-12(10-15)9-11-5-3-2-4-6-11/h2-6,9H,7-8H2,1H3,(H,14,16). The third-order valence-corrected chi connectivity index (χ3v) is 2.03. The van der Waals surface area contributed by atoms with E-state index >= 15 is 0 Å². The van der Waals surface area contributed by atoms with Crippen LogP contribution in [-0.4, -0.2) is 25.9 Å². The Labute approximate surface area is 100 Å². The molecule has 1 N–H and O–H groups in total. The number of methoxy groups -OCH3 is 1. The molecule has 89 valence electrons. The van der Waals surface area contributed by atoms with Gasteiger partial charge in [-0.3, -0.25) is 9.59 Å². The largest absolute Gasteiger partial charge is 0.384 e. The van der Waals surface area contributed by atoms with Crippen molar-refractivity contribution in [3.63, 3.8) is 0 Å². The minimum Gasteiger partial charge on any atom is -0.384 e. The molecule has 0 aliphatic carbocycles. The van der Waals surface area contributed by atoms with Gasteiger partial charge in [-0.05, 0) is 11.6 Å². The second-order valence-corrected chi connectivity index (χ2v) is 3.36. The molecule has 0 atom stereocenters. The highest BCUT2D eigenvalue weighted by molar-refractivity contribution is 5.90. The number of carbonyl (C=O) groups is 1. The summed E-state index contributed by atoms with van der Waals surface area (Å²) in [5, 5.41) is 2.47. The molecule has 4 nitrogen and oxygen atoms in total. The number of rotatable bonds is 6. The van der Waals surface area contributed by atoms with Gasteiger partial charge in [0, 0.05) is 7.11 Å². The zero-order valence-corrected chi connectivity index (χ0v) is 9.60. The van der Waals surface area contributed by atoms with Gasteiger partial charge in [0.05, 0.1) is 18.7 Å². The molecule has 0 spiro atoms. The second-order valence-electron chi connectivity index (χ2n) is 3.36. The fraction of sp³-hybridized carbons (Fsp3) is 0.231. The second kappa shape index (κ2) is 7.35. The highest BCUT2D eigenvalue weighted by Crippen LogP contribution is 2.03. The van der Waals surface area contributed by atoms with Crippen LogP contribution in [0.4, 0.5) is 0 Å². The van der Waals surface area contributed by atoms with Crippen LogP contribution in [0.15, 0.2) is 36.0 Å². The lowest BCUT2D eigenvalue weighted by Crippen LogP contribution is -2.24. The fourth-order valence-electron chi connectivity index (χ4n) is 1.21. The first-order valence-electron chi connectivity index (χ1n) is 5.20. The van der Waals surface area contributed by atoms with Crippen LogP contribution in [0, 0.1) is 0 Å². The first-order chi connectivity index (χ1) is 8.26. The van der Waals surface area contributed by atoms with Crippen LogP contribution in [0.2, 0.25) is 0 Å². The Bertz CT molecular complexity index is 398. The van der Waals surface area contributed by atoms with Gasteiger partial charge in [0.1, 0.15) is 0 Å². The van der Waals surface area contributed by atoms with Crippen molar-refractivity contribution in [1.82, 2.24) is 5.32 Å². The van der Waals surface area contributed by atoms with Crippen molar-refractivity contribution in [2.75, 3.05) is 13.7 Å². The molecule has 4 heteroatoms. The van der Waals surface area contributed by atoms with Crippen molar-refractivity contribution in [3.8, 4) is 0 Å². The van der Waals surface area contributed by atoms with Crippen molar-refractivity contribution < 1.29 is 14.3 Å². The quantitative estimate of drug-likeness (QED) is 0.752. The van der Waals surface area contributed by atoms with Gasteiger partial charge in [0.2, 0.25) is 5.91 Å². The minimum atomic E-state index is -0.266. The topological polar surface area (TPSA) is 55.4 Å². The number of amides is 1. The molecule has 0 fully saturated rings. The van der Waals surface area contributed by atoms with Gasteiger partial charge in [0.25, 0.3) is 6.29 Å². The van der Waals surface area contributed by atoms with E-state index < -0.39 is 0 Å². The van der Waals surface area contributed by atoms with E-state index in [2.05, 4.69) is 5.32 Å². The summed E-state index contributed by atoms with van der Waals surface area (Å²) in [4.78, 5) is 22.0. The lowest BCUT2D eigenvalue weighted by Gasteiger charge is -2.03. The maximum absolute atomic E-state index is 11.4. The van der Waals surface area contributed by atoms with Crippen molar-refractivity contribution in [3.05, 3.63) is 41.6 Å². The van der Waals surface area contributed by atoms with Gasteiger partial charge in [0.15, 0.2) is 0 Å². The predicted molar refractivity (Wildman–Crippen MR) is 64.7 cm³/mol. The molecular formula is C13H14NO3. The van der Waals surface area contributed by atoms with Crippen LogP contribution in [0.3, 0.4) is 0 Å². The molecule has 0 saturated heterocycles. The van der Waals surface area contributed by atoms with Gasteiger partial charge < -0.3 is 10.1 Å². The van der Waals surface area contributed by atoms with Gasteiger partial charge in [-0.25, -0.2) is 0 Å². The fourth-order valence-corrected chi connectivity index (χ4v) is 1.21. The Kier molecular flexibility index (Phi) is 5.68. The Balaban J connectivity index is 2.63. The zero-order valence-electron chi connectivity index (χ0n) is 9.60. The first kappa shape index (κ1) is 13.1. The van der Waals surface area contributed by atoms with E-state index in [0.717, 1.165) is 5.56 Å². The molecule has 0 aliphatic heterocycles. The minimum absolute atomic E-state index is 0.123. The number of hydrogen-bond acceptors (Lipinski definition) is 3. The summed E-state index contributed by atoms with van der Waals surface area (Å²) in [5.41, 5.74) is 0.954. The molecule has 17 heavy (non-hydrogen) atoms. The molecule has 1 rings (SSSR count). The van der Waals surface area contributed by atoms with Gasteiger partial charge in [-0.2, -0.15) is 0 Å². The third kappa shape index (κ3) is 5.08. The Morgan fingerprint density at radius 2 is 2.12 bits per heavy atom. The van der Waals surface area contributed by atoms with E-state index in [1.165, 1.54) is 7.11 Å². The maximum Gasteiger partial charge on any atom is 0.251 e. The van der Waals surface area contributed by atoms with E-state index in [1.807, 2.05) is 30.3 Å². The molecule has 0 bridgehead atoms. The maximum atomic E-state index is 11.4. The molecule has 0 unspecified atom stereocenters. The summed E-state index contributed by atoms with van der Waals surface area (Å²) in [6.07, 6.45) is 3.48. The molecule has 0 saturated carbocycles. The number of benzene rings is 1. The van der Waals surface area contributed by atoms with E-state index in [1.54, 1.807) is 12.4 Å². The van der Waals surface area contributed by atoms with Crippen molar-refractivity contribution >= 4 is 18.3 Å². The highest BCUT2D eigenvalue weighted by atomic mass is 16.5. The van der Waals surface area contributed by atoms with Crippen LogP contribution >= 0.6 is 0 Å². The van der Waals surface area contributed by atoms with E-state index in [0.29, 0.717) is 6.61 Å². The number of carbonyl (C=O) groups excluding carboxylic acids is 2. The van der Waals surface area contributed by atoms with E-state index in [4.69, 9.17) is 4.74 Å². The summed E-state index contributed by atoms with van der Waals surface area (Å²) >= 11 is 0. The number of hydrogen-bond donors (Lipinski definition) is 1. The van der Waals surface area contributed by atoms with Crippen LogP contribution < -0.4 is 5.32 Å². The molecule has 1 radical (unpaired) electrons. The van der Waals surface area contributed by atoms with E-state index in [9.17, 15) is 9.59 Å². The Hall–Kier alpha value is -1.94. The summed E-state index contributed by atoms with van der Waals surface area (Å²) < 4.78 is 4.77. The average molecular weight is 232 g/mol. The third-order valence-electron chi connectivity index (χ3n) is 2.03. The summed E-state index contributed by atoms with van der Waals surface area (Å²) in [5.74, 6) is -0.266. The first-order valence-corrected chi connectivity index (χ1v) is 5.20. The normalized spacial score (nSPS) is 11.0. The van der Waals surface area contributed by atoms with Gasteiger partial charge >= 0.3 is 0 Å². The van der Waals surface area contributed by atoms with E-state index in [-0.39, 0.29) is 18.0 Å². The Morgan fingerprint density at radius 1 is 1.41 bits per heavy atom.